The van der Waals surface area contributed by atoms with Crippen molar-refractivity contribution in [3.8, 4) is 0 Å². The Morgan fingerprint density at radius 2 is 2.11 bits per heavy atom. The van der Waals surface area contributed by atoms with Gasteiger partial charge in [-0.05, 0) is 26.7 Å². The summed E-state index contributed by atoms with van der Waals surface area (Å²) in [7, 11) is 0. The monoisotopic (exact) mass is 264 g/mol. The Morgan fingerprint density at radius 3 is 2.72 bits per heavy atom. The molecule has 0 bridgehead atoms. The summed E-state index contributed by atoms with van der Waals surface area (Å²) in [6.45, 7) is 3.44. The van der Waals surface area contributed by atoms with Crippen molar-refractivity contribution < 1.29 is 4.79 Å². The van der Waals surface area contributed by atoms with Crippen LogP contribution in [0.5, 0.6) is 0 Å². The summed E-state index contributed by atoms with van der Waals surface area (Å²) in [6.07, 6.45) is 8.44. The van der Waals surface area contributed by atoms with Crippen LogP contribution in [0.2, 0.25) is 0 Å². The Kier molecular flexibility index (Phi) is 4.75. The molecule has 1 aromatic heterocycles. The Labute approximate surface area is 113 Å². The van der Waals surface area contributed by atoms with Crippen molar-refractivity contribution in [2.45, 2.75) is 57.0 Å². The molecule has 0 radical (unpaired) electrons. The third-order valence-electron chi connectivity index (χ3n) is 3.41. The van der Waals surface area contributed by atoms with Crippen LogP contribution in [0.15, 0.2) is 6.20 Å². The van der Waals surface area contributed by atoms with E-state index in [9.17, 15) is 4.79 Å². The summed E-state index contributed by atoms with van der Waals surface area (Å²) in [5.74, 6) is 1.76. The molecule has 1 aliphatic carbocycles. The van der Waals surface area contributed by atoms with Gasteiger partial charge in [-0.15, -0.1) is 0 Å². The van der Waals surface area contributed by atoms with Crippen molar-refractivity contribution in [1.29, 1.82) is 0 Å². The van der Waals surface area contributed by atoms with Crippen LogP contribution >= 0.6 is 11.8 Å². The third-order valence-corrected chi connectivity index (χ3v) is 4.78. The maximum absolute atomic E-state index is 11.3. The SMILES string of the molecule is CC(=O)c1cnc(CSC2CCCCC2)nc1C. The van der Waals surface area contributed by atoms with Gasteiger partial charge in [-0.25, -0.2) is 9.97 Å². The van der Waals surface area contributed by atoms with Crippen molar-refractivity contribution in [2.75, 3.05) is 0 Å². The number of aromatic nitrogens is 2. The zero-order valence-electron chi connectivity index (χ0n) is 11.1. The Bertz CT molecular complexity index is 428. The lowest BCUT2D eigenvalue weighted by Crippen LogP contribution is -2.09. The van der Waals surface area contributed by atoms with E-state index < -0.39 is 0 Å². The number of carbonyl (C=O) groups is 1. The highest BCUT2D eigenvalue weighted by Crippen LogP contribution is 2.29. The molecule has 3 nitrogen and oxygen atoms in total. The fourth-order valence-corrected chi connectivity index (χ4v) is 3.55. The molecule has 0 aromatic carbocycles. The molecule has 1 saturated carbocycles. The van der Waals surface area contributed by atoms with E-state index in [4.69, 9.17) is 0 Å². The van der Waals surface area contributed by atoms with Crippen LogP contribution in [0.4, 0.5) is 0 Å². The van der Waals surface area contributed by atoms with Gasteiger partial charge < -0.3 is 0 Å². The van der Waals surface area contributed by atoms with Crippen molar-refractivity contribution in [1.82, 2.24) is 9.97 Å². The molecule has 98 valence electrons. The highest BCUT2D eigenvalue weighted by Gasteiger charge is 2.15. The lowest BCUT2D eigenvalue weighted by Gasteiger charge is -2.20. The molecule has 0 aliphatic heterocycles. The number of ketones is 1. The molecule has 1 aliphatic rings. The lowest BCUT2D eigenvalue weighted by molar-refractivity contribution is 0.101. The maximum atomic E-state index is 11.3. The highest BCUT2D eigenvalue weighted by atomic mass is 32.2. The molecule has 0 spiro atoms. The van der Waals surface area contributed by atoms with Crippen molar-refractivity contribution in [3.05, 3.63) is 23.3 Å². The average Bonchev–Trinajstić information content (AvgIpc) is 2.37. The summed E-state index contributed by atoms with van der Waals surface area (Å²) in [4.78, 5) is 20.0. The molecule has 0 N–H and O–H groups in total. The van der Waals surface area contributed by atoms with E-state index >= 15 is 0 Å². The quantitative estimate of drug-likeness (QED) is 0.780. The van der Waals surface area contributed by atoms with Gasteiger partial charge in [0.2, 0.25) is 0 Å². The van der Waals surface area contributed by atoms with Crippen LogP contribution < -0.4 is 0 Å². The molecule has 0 saturated heterocycles. The smallest absolute Gasteiger partial charge is 0.163 e. The number of rotatable bonds is 4. The first-order valence-corrected chi connectivity index (χ1v) is 7.67. The molecule has 18 heavy (non-hydrogen) atoms. The van der Waals surface area contributed by atoms with Crippen molar-refractivity contribution >= 4 is 17.5 Å². The standard InChI is InChI=1S/C14H20N2OS/c1-10-13(11(2)17)8-15-14(16-10)9-18-12-6-4-3-5-7-12/h8,12H,3-7,9H2,1-2H3. The van der Waals surface area contributed by atoms with Crippen LogP contribution in [-0.2, 0) is 5.75 Å². The second kappa shape index (κ2) is 6.32. The maximum Gasteiger partial charge on any atom is 0.163 e. The summed E-state index contributed by atoms with van der Waals surface area (Å²) < 4.78 is 0. The van der Waals surface area contributed by atoms with Gasteiger partial charge in [-0.2, -0.15) is 11.8 Å². The van der Waals surface area contributed by atoms with E-state index in [1.54, 1.807) is 13.1 Å². The summed E-state index contributed by atoms with van der Waals surface area (Å²) in [5.41, 5.74) is 1.44. The molecule has 1 heterocycles. The van der Waals surface area contributed by atoms with Gasteiger partial charge in [-0.1, -0.05) is 19.3 Å². The molecule has 4 heteroatoms. The van der Waals surface area contributed by atoms with Gasteiger partial charge in [0.25, 0.3) is 0 Å². The Hall–Kier alpha value is -0.900. The van der Waals surface area contributed by atoms with Crippen LogP contribution in [0.3, 0.4) is 0 Å². The fourth-order valence-electron chi connectivity index (χ4n) is 2.35. The van der Waals surface area contributed by atoms with Gasteiger partial charge in [0.1, 0.15) is 5.82 Å². The molecular weight excluding hydrogens is 244 g/mol. The zero-order chi connectivity index (χ0) is 13.0. The molecular formula is C14H20N2OS. The summed E-state index contributed by atoms with van der Waals surface area (Å²) in [6, 6.07) is 0. The first-order chi connectivity index (χ1) is 8.66. The number of hydrogen-bond acceptors (Lipinski definition) is 4. The van der Waals surface area contributed by atoms with Gasteiger partial charge in [0.15, 0.2) is 5.78 Å². The Morgan fingerprint density at radius 1 is 1.39 bits per heavy atom. The summed E-state index contributed by atoms with van der Waals surface area (Å²) >= 11 is 1.96. The second-order valence-electron chi connectivity index (χ2n) is 4.91. The van der Waals surface area contributed by atoms with Crippen LogP contribution in [0.1, 0.15) is 60.9 Å². The van der Waals surface area contributed by atoms with Crippen LogP contribution in [0.25, 0.3) is 0 Å². The predicted octanol–water partition coefficient (Wildman–Crippen LogP) is 3.55. The number of aryl methyl sites for hydroxylation is 1. The van der Waals surface area contributed by atoms with E-state index in [2.05, 4.69) is 9.97 Å². The van der Waals surface area contributed by atoms with Gasteiger partial charge in [0, 0.05) is 11.4 Å². The zero-order valence-corrected chi connectivity index (χ0v) is 11.9. The molecule has 1 fully saturated rings. The first kappa shape index (κ1) is 13.5. The van der Waals surface area contributed by atoms with Gasteiger partial charge >= 0.3 is 0 Å². The molecule has 2 rings (SSSR count). The number of hydrogen-bond donors (Lipinski definition) is 0. The minimum Gasteiger partial charge on any atom is -0.294 e. The first-order valence-electron chi connectivity index (χ1n) is 6.62. The molecule has 0 unspecified atom stereocenters. The van der Waals surface area contributed by atoms with Gasteiger partial charge in [0.05, 0.1) is 17.0 Å². The summed E-state index contributed by atoms with van der Waals surface area (Å²) in [5, 5.41) is 0.773. The van der Waals surface area contributed by atoms with E-state index in [-0.39, 0.29) is 5.78 Å². The number of nitrogens with zero attached hydrogens (tertiary/aromatic N) is 2. The minimum atomic E-state index is 0.0407. The Balaban J connectivity index is 1.93. The molecule has 0 amide bonds. The normalized spacial score (nSPS) is 16.8. The average molecular weight is 264 g/mol. The third kappa shape index (κ3) is 3.55. The number of thioether (sulfide) groups is 1. The fraction of sp³-hybridized carbons (Fsp3) is 0.643. The van der Waals surface area contributed by atoms with Gasteiger partial charge in [-0.3, -0.25) is 4.79 Å². The molecule has 0 atom stereocenters. The number of carbonyl (C=O) groups excluding carboxylic acids is 1. The second-order valence-corrected chi connectivity index (χ2v) is 6.20. The lowest BCUT2D eigenvalue weighted by atomic mass is 10.0. The highest BCUT2D eigenvalue weighted by molar-refractivity contribution is 7.99. The van der Waals surface area contributed by atoms with Crippen LogP contribution in [-0.4, -0.2) is 21.0 Å². The van der Waals surface area contributed by atoms with E-state index in [0.29, 0.717) is 5.56 Å². The van der Waals surface area contributed by atoms with Crippen molar-refractivity contribution in [2.24, 2.45) is 0 Å². The predicted molar refractivity (Wildman–Crippen MR) is 74.9 cm³/mol. The van der Waals surface area contributed by atoms with E-state index in [1.807, 2.05) is 18.7 Å². The minimum absolute atomic E-state index is 0.0407. The van der Waals surface area contributed by atoms with Crippen LogP contribution in [0, 0.1) is 6.92 Å². The van der Waals surface area contributed by atoms with E-state index in [0.717, 1.165) is 22.5 Å². The van der Waals surface area contributed by atoms with E-state index in [1.165, 1.54) is 32.1 Å². The molecule has 1 aromatic rings. The van der Waals surface area contributed by atoms with Crippen molar-refractivity contribution in [3.63, 3.8) is 0 Å². The number of Topliss-reactive ketones (excluding diaryl/α,β-unsaturated/α-hetero) is 1. The largest absolute Gasteiger partial charge is 0.294 e. The topological polar surface area (TPSA) is 42.9 Å².